The van der Waals surface area contributed by atoms with Gasteiger partial charge in [0.1, 0.15) is 11.5 Å². The highest BCUT2D eigenvalue weighted by molar-refractivity contribution is 7.92. The molecular weight excluding hydrogens is 480 g/mol. The van der Waals surface area contributed by atoms with Gasteiger partial charge in [-0.2, -0.15) is 0 Å². The van der Waals surface area contributed by atoms with Crippen molar-refractivity contribution in [3.05, 3.63) is 36.4 Å². The van der Waals surface area contributed by atoms with Gasteiger partial charge in [0.05, 0.1) is 39.8 Å². The van der Waals surface area contributed by atoms with Crippen molar-refractivity contribution in [1.29, 1.82) is 0 Å². The smallest absolute Gasteiger partial charge is 0.324 e. The van der Waals surface area contributed by atoms with Crippen LogP contribution in [-0.4, -0.2) is 71.4 Å². The van der Waals surface area contributed by atoms with Crippen LogP contribution in [0.3, 0.4) is 0 Å². The number of esters is 3. The lowest BCUT2D eigenvalue weighted by Gasteiger charge is -2.32. The van der Waals surface area contributed by atoms with Crippen LogP contribution in [0.5, 0.6) is 11.5 Å². The van der Waals surface area contributed by atoms with Gasteiger partial charge < -0.3 is 23.7 Å². The Morgan fingerprint density at radius 2 is 1.74 bits per heavy atom. The Morgan fingerprint density at radius 1 is 1.09 bits per heavy atom. The van der Waals surface area contributed by atoms with Gasteiger partial charge in [-0.05, 0) is 44.5 Å². The van der Waals surface area contributed by atoms with Gasteiger partial charge in [0, 0.05) is 12.8 Å². The minimum atomic E-state index is -4.22. The second-order valence-corrected chi connectivity index (χ2v) is 10.2. The SMILES string of the molecule is C=CCS(=O)(=O)C(CC(Cc1cc(OC)ccc1OC)(C(=O)OC)C(=O)OC(C)C)C(=O)OCC. The molecule has 2 unspecified atom stereocenters. The van der Waals surface area contributed by atoms with Crippen molar-refractivity contribution in [3.8, 4) is 11.5 Å². The van der Waals surface area contributed by atoms with E-state index in [4.69, 9.17) is 23.7 Å². The molecule has 0 fully saturated rings. The lowest BCUT2D eigenvalue weighted by atomic mass is 9.77. The topological polar surface area (TPSA) is 132 Å². The fourth-order valence-corrected chi connectivity index (χ4v) is 4.98. The number of ether oxygens (including phenoxy) is 5. The summed E-state index contributed by atoms with van der Waals surface area (Å²) in [5.41, 5.74) is -1.90. The molecule has 2 atom stereocenters. The zero-order valence-electron chi connectivity index (χ0n) is 21.0. The van der Waals surface area contributed by atoms with Crippen molar-refractivity contribution in [2.45, 2.75) is 45.0 Å². The predicted molar refractivity (Wildman–Crippen MR) is 128 cm³/mol. The Labute approximate surface area is 206 Å². The summed E-state index contributed by atoms with van der Waals surface area (Å²) in [6, 6.07) is 4.72. The standard InChI is InChI=1S/C24H34O10S/c1-8-12-35(28,29)20(21(25)33-9-2)15-24(22(26)32-7,23(27)34-16(3)4)14-17-13-18(30-5)10-11-19(17)31-6/h8,10-11,13,16,20H,1,9,12,14-15H2,2-7H3. The van der Waals surface area contributed by atoms with Crippen molar-refractivity contribution in [2.75, 3.05) is 33.7 Å². The van der Waals surface area contributed by atoms with Crippen molar-refractivity contribution < 1.29 is 46.5 Å². The highest BCUT2D eigenvalue weighted by Crippen LogP contribution is 2.38. The van der Waals surface area contributed by atoms with E-state index in [2.05, 4.69) is 6.58 Å². The van der Waals surface area contributed by atoms with E-state index in [1.54, 1.807) is 26.0 Å². The third kappa shape index (κ3) is 7.45. The first kappa shape index (κ1) is 30.0. The van der Waals surface area contributed by atoms with Crippen LogP contribution in [0.1, 0.15) is 32.8 Å². The zero-order chi connectivity index (χ0) is 26.8. The molecule has 10 nitrogen and oxygen atoms in total. The molecular formula is C24H34O10S. The van der Waals surface area contributed by atoms with E-state index in [1.807, 2.05) is 0 Å². The van der Waals surface area contributed by atoms with Crippen molar-refractivity contribution in [1.82, 2.24) is 0 Å². The molecule has 0 aliphatic carbocycles. The Hall–Kier alpha value is -3.08. The summed E-state index contributed by atoms with van der Waals surface area (Å²) in [5, 5.41) is -1.86. The maximum atomic E-state index is 13.5. The molecule has 1 aromatic rings. The summed E-state index contributed by atoms with van der Waals surface area (Å²) in [6.45, 7) is 7.97. The van der Waals surface area contributed by atoms with Crippen LogP contribution in [0.2, 0.25) is 0 Å². The Kier molecular flexibility index (Phi) is 11.2. The van der Waals surface area contributed by atoms with Crippen LogP contribution in [-0.2, 0) is 44.9 Å². The monoisotopic (exact) mass is 514 g/mol. The predicted octanol–water partition coefficient (Wildman–Crippen LogP) is 2.28. The number of sulfone groups is 1. The first-order valence-electron chi connectivity index (χ1n) is 10.9. The minimum Gasteiger partial charge on any atom is -0.497 e. The number of methoxy groups -OCH3 is 3. The van der Waals surface area contributed by atoms with Crippen molar-refractivity contribution >= 4 is 27.7 Å². The average Bonchev–Trinajstić information content (AvgIpc) is 2.80. The third-order valence-electron chi connectivity index (χ3n) is 5.16. The van der Waals surface area contributed by atoms with Gasteiger partial charge >= 0.3 is 17.9 Å². The van der Waals surface area contributed by atoms with E-state index in [0.29, 0.717) is 17.1 Å². The summed E-state index contributed by atoms with van der Waals surface area (Å²) >= 11 is 0. The van der Waals surface area contributed by atoms with Gasteiger partial charge in [-0.25, -0.2) is 8.42 Å². The van der Waals surface area contributed by atoms with Crippen molar-refractivity contribution in [2.24, 2.45) is 5.41 Å². The molecule has 0 radical (unpaired) electrons. The van der Waals surface area contributed by atoms with Crippen LogP contribution in [0.15, 0.2) is 30.9 Å². The van der Waals surface area contributed by atoms with Gasteiger partial charge in [0.25, 0.3) is 0 Å². The number of benzene rings is 1. The Morgan fingerprint density at radius 3 is 2.23 bits per heavy atom. The molecule has 0 spiro atoms. The first-order valence-corrected chi connectivity index (χ1v) is 12.6. The van der Waals surface area contributed by atoms with Crippen LogP contribution in [0.25, 0.3) is 0 Å². The lowest BCUT2D eigenvalue weighted by Crippen LogP contribution is -2.50. The Balaban J connectivity index is 3.86. The summed E-state index contributed by atoms with van der Waals surface area (Å²) < 4.78 is 52.0. The highest BCUT2D eigenvalue weighted by atomic mass is 32.2. The maximum absolute atomic E-state index is 13.5. The molecule has 0 aliphatic rings. The fraction of sp³-hybridized carbons (Fsp3) is 0.542. The molecule has 0 bridgehead atoms. The molecule has 1 rings (SSSR count). The Bertz CT molecular complexity index is 1020. The molecule has 35 heavy (non-hydrogen) atoms. The summed E-state index contributed by atoms with van der Waals surface area (Å²) in [6.07, 6.45) is -0.713. The van der Waals surface area contributed by atoms with Gasteiger partial charge in [0.15, 0.2) is 20.5 Å². The molecule has 0 saturated carbocycles. The largest absolute Gasteiger partial charge is 0.497 e. The second-order valence-electron chi connectivity index (χ2n) is 7.95. The van der Waals surface area contributed by atoms with Crippen LogP contribution >= 0.6 is 0 Å². The van der Waals surface area contributed by atoms with Crippen LogP contribution < -0.4 is 9.47 Å². The van der Waals surface area contributed by atoms with E-state index >= 15 is 0 Å². The molecule has 0 aromatic heterocycles. The van der Waals surface area contributed by atoms with Gasteiger partial charge in [-0.15, -0.1) is 6.58 Å². The fourth-order valence-electron chi connectivity index (χ4n) is 3.52. The lowest BCUT2D eigenvalue weighted by molar-refractivity contribution is -0.174. The number of hydrogen-bond acceptors (Lipinski definition) is 10. The van der Waals surface area contributed by atoms with Gasteiger partial charge in [0.2, 0.25) is 0 Å². The van der Waals surface area contributed by atoms with Crippen LogP contribution in [0, 0.1) is 5.41 Å². The van der Waals surface area contributed by atoms with E-state index in [9.17, 15) is 22.8 Å². The minimum absolute atomic E-state index is 0.107. The molecule has 11 heteroatoms. The molecule has 1 aromatic carbocycles. The van der Waals surface area contributed by atoms with E-state index < -0.39 is 63.1 Å². The molecule has 0 heterocycles. The molecule has 196 valence electrons. The van der Waals surface area contributed by atoms with E-state index in [0.717, 1.165) is 13.2 Å². The number of carbonyl (C=O) groups is 3. The number of hydrogen-bond donors (Lipinski definition) is 0. The summed E-state index contributed by atoms with van der Waals surface area (Å²) in [4.78, 5) is 39.5. The third-order valence-corrected chi connectivity index (χ3v) is 7.08. The zero-order valence-corrected chi connectivity index (χ0v) is 21.8. The van der Waals surface area contributed by atoms with E-state index in [-0.39, 0.29) is 6.61 Å². The average molecular weight is 515 g/mol. The maximum Gasteiger partial charge on any atom is 0.324 e. The van der Waals surface area contributed by atoms with E-state index in [1.165, 1.54) is 27.2 Å². The van der Waals surface area contributed by atoms with Crippen molar-refractivity contribution in [3.63, 3.8) is 0 Å². The van der Waals surface area contributed by atoms with Gasteiger partial charge in [-0.1, -0.05) is 6.08 Å². The first-order chi connectivity index (χ1) is 16.4. The molecule has 0 N–H and O–H groups in total. The highest BCUT2D eigenvalue weighted by Gasteiger charge is 2.54. The number of carbonyl (C=O) groups excluding carboxylic acids is 3. The van der Waals surface area contributed by atoms with Crippen LogP contribution in [0.4, 0.5) is 0 Å². The quantitative estimate of drug-likeness (QED) is 0.158. The molecule has 0 aliphatic heterocycles. The molecule has 0 saturated heterocycles. The van der Waals surface area contributed by atoms with Gasteiger partial charge in [-0.3, -0.25) is 14.4 Å². The number of rotatable bonds is 14. The summed E-state index contributed by atoms with van der Waals surface area (Å²) in [5.74, 6) is -3.09. The summed E-state index contributed by atoms with van der Waals surface area (Å²) in [7, 11) is -0.328. The second kappa shape index (κ2) is 13.1. The molecule has 0 amide bonds. The normalized spacial score (nSPS) is 13.8.